The van der Waals surface area contributed by atoms with Crippen LogP contribution in [0.2, 0.25) is 39.3 Å². The molecule has 9 nitrogen and oxygen atoms in total. The number of hydrogen-bond acceptors (Lipinski definition) is 9. The fourth-order valence-electron chi connectivity index (χ4n) is 8.44. The topological polar surface area (TPSA) is 84.9 Å². The third-order valence-corrected chi connectivity index (χ3v) is 13.0. The van der Waals surface area contributed by atoms with Gasteiger partial charge in [0, 0.05) is 23.2 Å². The Bertz CT molecular complexity index is 1160. The number of fused-ring (bicyclic) bond motifs is 2. The number of ether oxygens (including phenoxy) is 5. The molecule has 13 atom stereocenters. The van der Waals surface area contributed by atoms with Gasteiger partial charge in [-0.15, -0.1) is 0 Å². The number of cyclic esters (lactones) is 1. The van der Waals surface area contributed by atoms with Crippen LogP contribution in [0.3, 0.4) is 0 Å². The molecule has 0 amide bonds. The quantitative estimate of drug-likeness (QED) is 0.106. The molecule has 0 aliphatic carbocycles. The zero-order valence-corrected chi connectivity index (χ0v) is 35.4. The van der Waals surface area contributed by atoms with Crippen molar-refractivity contribution < 1.29 is 37.3 Å². The highest BCUT2D eigenvalue weighted by Gasteiger charge is 2.65. The molecule has 0 saturated carbocycles. The smallest absolute Gasteiger partial charge is 0.311 e. The summed E-state index contributed by atoms with van der Waals surface area (Å²) in [6.07, 6.45) is 1.78. The van der Waals surface area contributed by atoms with E-state index in [1.54, 1.807) is 0 Å². The number of esters is 1. The van der Waals surface area contributed by atoms with E-state index in [2.05, 4.69) is 108 Å². The number of alkyl halides is 1. The van der Waals surface area contributed by atoms with Crippen LogP contribution in [0, 0.1) is 17.8 Å². The summed E-state index contributed by atoms with van der Waals surface area (Å²) in [5.41, 5.74) is -0.659. The van der Waals surface area contributed by atoms with Crippen LogP contribution in [0.1, 0.15) is 67.7 Å². The Morgan fingerprint density at radius 2 is 1.57 bits per heavy atom. The van der Waals surface area contributed by atoms with E-state index in [-0.39, 0.29) is 36.1 Å². The zero-order chi connectivity index (χ0) is 35.5. The van der Waals surface area contributed by atoms with Gasteiger partial charge >= 0.3 is 5.97 Å². The Balaban J connectivity index is 1.89. The van der Waals surface area contributed by atoms with Crippen LogP contribution in [0.5, 0.6) is 0 Å². The predicted octanol–water partition coefficient (Wildman–Crippen LogP) is 7.11. The molecule has 4 aliphatic heterocycles. The molecular formula is C35H64BrNO8Si2. The summed E-state index contributed by atoms with van der Waals surface area (Å²) in [7, 11) is 0.0414. The summed E-state index contributed by atoms with van der Waals surface area (Å²) in [5, 5.41) is 0.576. The van der Waals surface area contributed by atoms with Gasteiger partial charge in [0.15, 0.2) is 28.7 Å². The molecule has 0 aromatic rings. The number of rotatable bonds is 9. The highest BCUT2D eigenvalue weighted by atomic mass is 79.9. The number of hydrogen-bond donors (Lipinski definition) is 0. The second-order valence-electron chi connectivity index (χ2n) is 17.3. The van der Waals surface area contributed by atoms with Gasteiger partial charge in [-0.05, 0) is 112 Å². The molecule has 0 aromatic carbocycles. The first-order chi connectivity index (χ1) is 21.5. The molecule has 4 rings (SSSR count). The minimum Gasteiger partial charge on any atom is -0.459 e. The van der Waals surface area contributed by atoms with Crippen molar-refractivity contribution in [2.45, 2.75) is 167 Å². The number of likely N-dealkylation sites (N-methyl/N-ethyl adjacent to an activating group) is 1. The molecule has 4 aliphatic rings. The van der Waals surface area contributed by atoms with E-state index < -0.39 is 64.1 Å². The summed E-state index contributed by atoms with van der Waals surface area (Å²) >= 11 is 3.75. The van der Waals surface area contributed by atoms with E-state index in [1.807, 2.05) is 20.8 Å². The molecule has 4 heterocycles. The Morgan fingerprint density at radius 1 is 0.979 bits per heavy atom. The predicted molar refractivity (Wildman–Crippen MR) is 194 cm³/mol. The van der Waals surface area contributed by atoms with Crippen LogP contribution < -0.4 is 0 Å². The van der Waals surface area contributed by atoms with Crippen molar-refractivity contribution in [3.63, 3.8) is 0 Å². The molecule has 3 saturated heterocycles. The van der Waals surface area contributed by atoms with Crippen LogP contribution in [-0.2, 0) is 37.3 Å². The second kappa shape index (κ2) is 14.1. The van der Waals surface area contributed by atoms with Gasteiger partial charge in [-0.1, -0.05) is 36.7 Å². The third kappa shape index (κ3) is 8.17. The van der Waals surface area contributed by atoms with Gasteiger partial charge in [0.05, 0.1) is 29.8 Å². The van der Waals surface area contributed by atoms with Gasteiger partial charge in [-0.2, -0.15) is 0 Å². The van der Waals surface area contributed by atoms with E-state index >= 15 is 0 Å². The lowest BCUT2D eigenvalue weighted by Crippen LogP contribution is -2.62. The van der Waals surface area contributed by atoms with Crippen LogP contribution in [0.15, 0.2) is 11.6 Å². The first-order valence-electron chi connectivity index (χ1n) is 17.7. The average molecular weight is 763 g/mol. The molecule has 1 spiro atoms. The maximum absolute atomic E-state index is 14.1. The van der Waals surface area contributed by atoms with Crippen molar-refractivity contribution in [1.82, 2.24) is 4.90 Å². The van der Waals surface area contributed by atoms with Crippen LogP contribution >= 0.6 is 15.9 Å². The van der Waals surface area contributed by atoms with Crippen molar-refractivity contribution in [1.29, 1.82) is 0 Å². The zero-order valence-electron chi connectivity index (χ0n) is 31.8. The van der Waals surface area contributed by atoms with Crippen molar-refractivity contribution in [3.8, 4) is 0 Å². The van der Waals surface area contributed by atoms with E-state index in [9.17, 15) is 4.79 Å². The van der Waals surface area contributed by atoms with Gasteiger partial charge in [0.25, 0.3) is 0 Å². The number of nitrogens with zero attached hydrogens (tertiary/aromatic N) is 1. The van der Waals surface area contributed by atoms with Crippen LogP contribution in [-0.4, -0.2) is 107 Å². The minimum absolute atomic E-state index is 0.00563. The molecule has 272 valence electrons. The second-order valence-corrected chi connectivity index (χ2v) is 26.8. The highest BCUT2D eigenvalue weighted by molar-refractivity contribution is 9.09. The van der Waals surface area contributed by atoms with Crippen LogP contribution in [0.25, 0.3) is 0 Å². The Hall–Kier alpha value is -0.156. The van der Waals surface area contributed by atoms with Crippen molar-refractivity contribution >= 4 is 38.5 Å². The summed E-state index contributed by atoms with van der Waals surface area (Å²) in [4.78, 5) is 16.3. The summed E-state index contributed by atoms with van der Waals surface area (Å²) in [5.74, 6) is -2.12. The lowest BCUT2D eigenvalue weighted by molar-refractivity contribution is -0.326. The molecule has 0 radical (unpaired) electrons. The summed E-state index contributed by atoms with van der Waals surface area (Å²) < 4.78 is 48.6. The van der Waals surface area contributed by atoms with Crippen molar-refractivity contribution in [2.24, 2.45) is 17.8 Å². The molecule has 3 unspecified atom stereocenters. The lowest BCUT2D eigenvalue weighted by atomic mass is 9.78. The molecule has 12 heteroatoms. The number of halogens is 1. The summed E-state index contributed by atoms with van der Waals surface area (Å²) in [6, 6.07) is 0.107. The van der Waals surface area contributed by atoms with Gasteiger partial charge in [0.2, 0.25) is 0 Å². The molecule has 0 N–H and O–H groups in total. The highest BCUT2D eigenvalue weighted by Crippen LogP contribution is 2.57. The summed E-state index contributed by atoms with van der Waals surface area (Å²) in [6.45, 7) is 27.7. The molecular weight excluding hydrogens is 698 g/mol. The lowest BCUT2D eigenvalue weighted by Gasteiger charge is -2.50. The molecule has 3 fully saturated rings. The fraction of sp³-hybridized carbons (Fsp3) is 0.914. The Kier molecular flexibility index (Phi) is 11.9. The van der Waals surface area contributed by atoms with E-state index in [0.29, 0.717) is 18.2 Å². The van der Waals surface area contributed by atoms with E-state index in [0.717, 1.165) is 12.0 Å². The first kappa shape index (κ1) is 39.6. The monoisotopic (exact) mass is 761 g/mol. The van der Waals surface area contributed by atoms with Crippen molar-refractivity contribution in [3.05, 3.63) is 11.6 Å². The first-order valence-corrected chi connectivity index (χ1v) is 25.6. The molecule has 3 bridgehead atoms. The van der Waals surface area contributed by atoms with E-state index in [1.165, 1.54) is 0 Å². The van der Waals surface area contributed by atoms with Crippen LogP contribution in [0.4, 0.5) is 0 Å². The molecule has 47 heavy (non-hydrogen) atoms. The maximum atomic E-state index is 14.1. The maximum Gasteiger partial charge on any atom is 0.311 e. The average Bonchev–Trinajstić information content (AvgIpc) is 3.38. The number of carbonyl (C=O) groups is 1. The third-order valence-electron chi connectivity index (χ3n) is 10.4. The largest absolute Gasteiger partial charge is 0.459 e. The minimum atomic E-state index is -2.15. The van der Waals surface area contributed by atoms with E-state index in [4.69, 9.17) is 32.5 Å². The fourth-order valence-corrected chi connectivity index (χ4v) is 11.3. The van der Waals surface area contributed by atoms with Gasteiger partial charge < -0.3 is 37.4 Å². The van der Waals surface area contributed by atoms with Gasteiger partial charge in [-0.3, -0.25) is 4.79 Å². The Labute approximate surface area is 295 Å². The Morgan fingerprint density at radius 3 is 2.11 bits per heavy atom. The normalized spacial score (nSPS) is 45.0. The van der Waals surface area contributed by atoms with Gasteiger partial charge in [-0.25, -0.2) is 0 Å². The van der Waals surface area contributed by atoms with Gasteiger partial charge in [0.1, 0.15) is 17.8 Å². The standard InChI is InChI=1S/C35H64BrNO8Si2/c1-16-27-33(6)19-25(20-36)35(44-33)21(2)18-34(7,45-35)30(23(4)28(42-46(10,11)12)24(5)31(38)40-27)41-32-29(43-47(13,14)15)26(37(8)9)17-22(3)39-32/h19,21-24,26-30,32H,16-18,20H2,1-15H3/t21-,22-,23+,24-,26+,27-,28+,29+,30-,32?,33?,34-,35?/m1/s1. The SMILES string of the molecule is CC[C@H]1OC(=O)[C@H](C)[C@@H](O[Si](C)(C)C)[C@H](C)[C@@H](OC2O[C@H](C)C[C@H](N(C)C)[C@@H]2O[Si](C)(C)C)[C@@]2(C)C[C@@H](C)C3(OC1(C)C=C3CBr)O2. The molecule has 0 aromatic heterocycles. The van der Waals surface area contributed by atoms with Crippen molar-refractivity contribution in [2.75, 3.05) is 19.4 Å². The number of carbonyl (C=O) groups excluding carboxylic acids is 1.